The lowest BCUT2D eigenvalue weighted by atomic mass is 10.1. The van der Waals surface area contributed by atoms with Crippen LogP contribution >= 0.6 is 11.6 Å². The number of sulfonamides is 1. The van der Waals surface area contributed by atoms with Gasteiger partial charge in [-0.05, 0) is 56.2 Å². The van der Waals surface area contributed by atoms with E-state index in [0.29, 0.717) is 23.1 Å². The summed E-state index contributed by atoms with van der Waals surface area (Å²) in [6, 6.07) is 13.2. The highest BCUT2D eigenvalue weighted by Crippen LogP contribution is 2.31. The second kappa shape index (κ2) is 7.67. The predicted octanol–water partition coefficient (Wildman–Crippen LogP) is 4.57. The van der Waals surface area contributed by atoms with Gasteiger partial charge in [0.15, 0.2) is 0 Å². The molecule has 7 heteroatoms. The highest BCUT2D eigenvalue weighted by Gasteiger charge is 2.30. The number of benzene rings is 2. The molecule has 0 aromatic heterocycles. The van der Waals surface area contributed by atoms with E-state index in [1.165, 1.54) is 12.1 Å². The molecule has 5 nitrogen and oxygen atoms in total. The van der Waals surface area contributed by atoms with Crippen molar-refractivity contribution in [2.75, 3.05) is 6.54 Å². The van der Waals surface area contributed by atoms with Crippen molar-refractivity contribution in [1.82, 2.24) is 4.31 Å². The number of piperidine rings is 1. The van der Waals surface area contributed by atoms with E-state index in [1.54, 1.807) is 34.6 Å². The molecule has 0 N–H and O–H groups in total. The Morgan fingerprint density at radius 3 is 2.58 bits per heavy atom. The number of rotatable bonds is 4. The van der Waals surface area contributed by atoms with E-state index >= 15 is 0 Å². The summed E-state index contributed by atoms with van der Waals surface area (Å²) in [5, 5.41) is 9.51. The summed E-state index contributed by atoms with van der Waals surface area (Å²) in [5.41, 5.74) is 0.244. The fourth-order valence-electron chi connectivity index (χ4n) is 3.07. The minimum atomic E-state index is -3.52. The Balaban J connectivity index is 1.83. The van der Waals surface area contributed by atoms with Gasteiger partial charge >= 0.3 is 0 Å². The first-order chi connectivity index (χ1) is 12.4. The number of hydrogen-bond acceptors (Lipinski definition) is 4. The highest BCUT2D eigenvalue weighted by atomic mass is 35.5. The number of nitrogens with zero attached hydrogens (tertiary/aromatic N) is 2. The van der Waals surface area contributed by atoms with Crippen molar-refractivity contribution in [3.63, 3.8) is 0 Å². The Bertz CT molecular complexity index is 936. The number of ether oxygens (including phenoxy) is 1. The summed E-state index contributed by atoms with van der Waals surface area (Å²) in [5.74, 6) is 0.773. The normalized spacial score (nSPS) is 18.3. The molecule has 1 heterocycles. The number of halogens is 1. The first kappa shape index (κ1) is 18.7. The van der Waals surface area contributed by atoms with Gasteiger partial charge in [0, 0.05) is 12.6 Å². The lowest BCUT2D eigenvalue weighted by Gasteiger charge is -2.32. The van der Waals surface area contributed by atoms with Gasteiger partial charge in [0.1, 0.15) is 23.1 Å². The molecule has 2 aromatic rings. The molecule has 0 amide bonds. The maximum atomic E-state index is 12.8. The summed E-state index contributed by atoms with van der Waals surface area (Å²) in [4.78, 5) is 0.241. The molecule has 0 radical (unpaired) electrons. The van der Waals surface area contributed by atoms with Gasteiger partial charge in [0.05, 0.1) is 9.92 Å². The fraction of sp³-hybridized carbons (Fsp3) is 0.316. The van der Waals surface area contributed by atoms with Gasteiger partial charge in [-0.15, -0.1) is 0 Å². The molecule has 136 valence electrons. The third-order valence-electron chi connectivity index (χ3n) is 4.49. The zero-order valence-corrected chi connectivity index (χ0v) is 15.9. The van der Waals surface area contributed by atoms with Crippen LogP contribution in [0.25, 0.3) is 0 Å². The van der Waals surface area contributed by atoms with Crippen molar-refractivity contribution in [1.29, 1.82) is 5.26 Å². The van der Waals surface area contributed by atoms with Crippen molar-refractivity contribution >= 4 is 21.6 Å². The minimum absolute atomic E-state index is 0.00863. The first-order valence-electron chi connectivity index (χ1n) is 8.42. The molecule has 1 aliphatic rings. The fourth-order valence-corrected chi connectivity index (χ4v) is 4.98. The first-order valence-corrected chi connectivity index (χ1v) is 10.2. The molecule has 2 aromatic carbocycles. The predicted molar refractivity (Wildman–Crippen MR) is 99.9 cm³/mol. The highest BCUT2D eigenvalue weighted by molar-refractivity contribution is 7.89. The summed E-state index contributed by atoms with van der Waals surface area (Å²) in [7, 11) is -3.52. The summed E-state index contributed by atoms with van der Waals surface area (Å²) in [6.07, 6.45) is 2.82. The van der Waals surface area contributed by atoms with E-state index in [2.05, 4.69) is 0 Å². The van der Waals surface area contributed by atoms with Crippen molar-refractivity contribution < 1.29 is 13.2 Å². The summed E-state index contributed by atoms with van der Waals surface area (Å²) >= 11 is 5.99. The third kappa shape index (κ3) is 3.70. The van der Waals surface area contributed by atoms with Crippen molar-refractivity contribution in [2.24, 2.45) is 0 Å². The van der Waals surface area contributed by atoms with Crippen LogP contribution in [0.4, 0.5) is 0 Å². The molecular weight excluding hydrogens is 372 g/mol. The van der Waals surface area contributed by atoms with Gasteiger partial charge in [-0.1, -0.05) is 24.1 Å². The van der Waals surface area contributed by atoms with E-state index < -0.39 is 10.0 Å². The molecule has 1 atom stereocenters. The van der Waals surface area contributed by atoms with E-state index in [1.807, 2.05) is 13.0 Å². The van der Waals surface area contributed by atoms with E-state index in [4.69, 9.17) is 16.3 Å². The average Bonchev–Trinajstić information content (AvgIpc) is 2.63. The van der Waals surface area contributed by atoms with Crippen molar-refractivity contribution in [2.45, 2.75) is 37.1 Å². The second-order valence-electron chi connectivity index (χ2n) is 6.26. The van der Waals surface area contributed by atoms with Crippen LogP contribution in [0.3, 0.4) is 0 Å². The number of nitriles is 1. The largest absolute Gasteiger partial charge is 0.456 e. The van der Waals surface area contributed by atoms with Crippen LogP contribution in [-0.4, -0.2) is 25.3 Å². The van der Waals surface area contributed by atoms with E-state index in [9.17, 15) is 13.7 Å². The Morgan fingerprint density at radius 1 is 1.19 bits per heavy atom. The topological polar surface area (TPSA) is 70.4 Å². The van der Waals surface area contributed by atoms with E-state index in [0.717, 1.165) is 19.3 Å². The average molecular weight is 391 g/mol. The molecule has 1 fully saturated rings. The maximum Gasteiger partial charge on any atom is 0.243 e. The SMILES string of the molecule is CC1CCCCN1S(=O)(=O)c1ccc(Oc2cccc(Cl)c2C#N)cc1. The standard InChI is InChI=1S/C19H19ClN2O3S/c1-14-5-2-3-12-22(14)26(23,24)16-10-8-15(9-11-16)25-19-7-4-6-18(20)17(19)13-21/h4,6-11,14H,2-3,5,12H2,1H3. The van der Waals surface area contributed by atoms with Gasteiger partial charge in [-0.3, -0.25) is 0 Å². The molecule has 0 spiro atoms. The molecular formula is C19H19ClN2O3S. The Hall–Kier alpha value is -2.07. The summed E-state index contributed by atoms with van der Waals surface area (Å²) in [6.45, 7) is 2.49. The molecule has 1 unspecified atom stereocenters. The molecule has 3 rings (SSSR count). The zero-order valence-electron chi connectivity index (χ0n) is 14.4. The Morgan fingerprint density at radius 2 is 1.92 bits per heavy atom. The molecule has 0 bridgehead atoms. The van der Waals surface area contributed by atoms with Crippen LogP contribution in [0.5, 0.6) is 11.5 Å². The third-order valence-corrected chi connectivity index (χ3v) is 6.83. The van der Waals surface area contributed by atoms with Gasteiger partial charge in [0.2, 0.25) is 10.0 Å². The molecule has 1 aliphatic heterocycles. The van der Waals surface area contributed by atoms with Gasteiger partial charge in [-0.25, -0.2) is 8.42 Å². The summed E-state index contributed by atoms with van der Waals surface area (Å²) < 4.78 is 32.9. The zero-order chi connectivity index (χ0) is 18.7. The lowest BCUT2D eigenvalue weighted by Crippen LogP contribution is -2.41. The van der Waals surface area contributed by atoms with Crippen LogP contribution in [0.1, 0.15) is 31.7 Å². The van der Waals surface area contributed by atoms with Gasteiger partial charge in [0.25, 0.3) is 0 Å². The van der Waals surface area contributed by atoms with Crippen molar-refractivity contribution in [3.05, 3.63) is 53.1 Å². The number of hydrogen-bond donors (Lipinski definition) is 0. The van der Waals surface area contributed by atoms with Crippen LogP contribution in [0, 0.1) is 11.3 Å². The molecule has 0 saturated carbocycles. The van der Waals surface area contributed by atoms with Crippen molar-refractivity contribution in [3.8, 4) is 17.6 Å². The quantitative estimate of drug-likeness (QED) is 0.766. The molecule has 1 saturated heterocycles. The van der Waals surface area contributed by atoms with Crippen LogP contribution < -0.4 is 4.74 Å². The van der Waals surface area contributed by atoms with Gasteiger partial charge < -0.3 is 4.74 Å². The van der Waals surface area contributed by atoms with Crippen LogP contribution in [0.15, 0.2) is 47.4 Å². The smallest absolute Gasteiger partial charge is 0.243 e. The van der Waals surface area contributed by atoms with Crippen LogP contribution in [-0.2, 0) is 10.0 Å². The van der Waals surface area contributed by atoms with E-state index in [-0.39, 0.29) is 16.5 Å². The lowest BCUT2D eigenvalue weighted by molar-refractivity contribution is 0.268. The second-order valence-corrected chi connectivity index (χ2v) is 8.56. The molecule has 0 aliphatic carbocycles. The van der Waals surface area contributed by atoms with Crippen LogP contribution in [0.2, 0.25) is 5.02 Å². The molecule has 26 heavy (non-hydrogen) atoms. The minimum Gasteiger partial charge on any atom is -0.456 e. The Kier molecular flexibility index (Phi) is 5.52. The Labute approximate surface area is 158 Å². The van der Waals surface area contributed by atoms with Gasteiger partial charge in [-0.2, -0.15) is 9.57 Å². The monoisotopic (exact) mass is 390 g/mol. The maximum absolute atomic E-state index is 12.8.